The van der Waals surface area contributed by atoms with Crippen molar-refractivity contribution >= 4 is 9.84 Å². The van der Waals surface area contributed by atoms with E-state index >= 15 is 0 Å². The van der Waals surface area contributed by atoms with Crippen LogP contribution in [0.3, 0.4) is 0 Å². The van der Waals surface area contributed by atoms with Gasteiger partial charge in [-0.25, -0.2) is 8.42 Å². The smallest absolute Gasteiger partial charge is 0.154 e. The van der Waals surface area contributed by atoms with Crippen LogP contribution < -0.4 is 5.32 Å². The summed E-state index contributed by atoms with van der Waals surface area (Å²) in [5.41, 5.74) is 0. The van der Waals surface area contributed by atoms with Crippen molar-refractivity contribution in [3.63, 3.8) is 0 Å². The third-order valence-corrected chi connectivity index (χ3v) is 6.90. The van der Waals surface area contributed by atoms with E-state index in [4.69, 9.17) is 4.74 Å². The van der Waals surface area contributed by atoms with Gasteiger partial charge in [0.15, 0.2) is 9.84 Å². The van der Waals surface area contributed by atoms with Crippen molar-refractivity contribution in [1.82, 2.24) is 5.32 Å². The van der Waals surface area contributed by atoms with Crippen molar-refractivity contribution in [2.24, 2.45) is 0 Å². The molecule has 2 heterocycles. The van der Waals surface area contributed by atoms with Gasteiger partial charge in [0.25, 0.3) is 0 Å². The topological polar surface area (TPSA) is 55.4 Å². The Labute approximate surface area is 123 Å². The SMILES string of the molecule is CCCNC(CCC1CCCO1)C1CCCCS1(=O)=O. The summed E-state index contributed by atoms with van der Waals surface area (Å²) in [5, 5.41) is 3.31. The van der Waals surface area contributed by atoms with Gasteiger partial charge < -0.3 is 10.1 Å². The van der Waals surface area contributed by atoms with Crippen LogP contribution >= 0.6 is 0 Å². The second-order valence-electron chi connectivity index (χ2n) is 6.17. The fraction of sp³-hybridized carbons (Fsp3) is 1.00. The zero-order valence-electron chi connectivity index (χ0n) is 12.6. The molecule has 0 aromatic heterocycles. The van der Waals surface area contributed by atoms with Crippen LogP contribution in [-0.4, -0.2) is 44.7 Å². The Bertz CT molecular complexity index is 377. The number of hydrogen-bond donors (Lipinski definition) is 1. The molecule has 4 nitrogen and oxygen atoms in total. The third kappa shape index (κ3) is 4.43. The summed E-state index contributed by atoms with van der Waals surface area (Å²) in [6.45, 7) is 3.90. The summed E-state index contributed by atoms with van der Waals surface area (Å²) >= 11 is 0. The number of rotatable bonds is 7. The molecular formula is C15H29NO3S. The van der Waals surface area contributed by atoms with E-state index in [0.717, 1.165) is 64.5 Å². The van der Waals surface area contributed by atoms with Crippen LogP contribution in [0.2, 0.25) is 0 Å². The maximum atomic E-state index is 12.3. The Morgan fingerprint density at radius 3 is 2.75 bits per heavy atom. The summed E-state index contributed by atoms with van der Waals surface area (Å²) in [7, 11) is -2.90. The maximum absolute atomic E-state index is 12.3. The monoisotopic (exact) mass is 303 g/mol. The van der Waals surface area contributed by atoms with Crippen molar-refractivity contribution < 1.29 is 13.2 Å². The number of hydrogen-bond acceptors (Lipinski definition) is 4. The lowest BCUT2D eigenvalue weighted by Gasteiger charge is -2.31. The van der Waals surface area contributed by atoms with Crippen molar-refractivity contribution in [3.8, 4) is 0 Å². The minimum Gasteiger partial charge on any atom is -0.378 e. The molecule has 3 unspecified atom stereocenters. The lowest BCUT2D eigenvalue weighted by Crippen LogP contribution is -2.47. The molecule has 0 aliphatic carbocycles. The maximum Gasteiger partial charge on any atom is 0.154 e. The highest BCUT2D eigenvalue weighted by Crippen LogP contribution is 2.26. The predicted molar refractivity (Wildman–Crippen MR) is 81.7 cm³/mol. The van der Waals surface area contributed by atoms with Gasteiger partial charge in [-0.05, 0) is 51.5 Å². The van der Waals surface area contributed by atoms with Gasteiger partial charge in [0, 0.05) is 12.6 Å². The fourth-order valence-electron chi connectivity index (χ4n) is 3.42. The molecule has 1 N–H and O–H groups in total. The summed E-state index contributed by atoms with van der Waals surface area (Å²) in [6, 6.07) is 0.115. The van der Waals surface area contributed by atoms with Crippen LogP contribution in [0.25, 0.3) is 0 Å². The van der Waals surface area contributed by atoms with E-state index in [1.807, 2.05) is 0 Å². The van der Waals surface area contributed by atoms with Crippen LogP contribution in [0.15, 0.2) is 0 Å². The number of nitrogens with one attached hydrogen (secondary N) is 1. The van der Waals surface area contributed by atoms with Crippen LogP contribution in [0, 0.1) is 0 Å². The second kappa shape index (κ2) is 7.76. The van der Waals surface area contributed by atoms with E-state index in [0.29, 0.717) is 11.9 Å². The first-order chi connectivity index (χ1) is 9.63. The first-order valence-corrected chi connectivity index (χ1v) is 9.91. The molecule has 118 valence electrons. The van der Waals surface area contributed by atoms with Crippen molar-refractivity contribution in [2.75, 3.05) is 18.9 Å². The zero-order chi connectivity index (χ0) is 14.4. The van der Waals surface area contributed by atoms with Gasteiger partial charge in [-0.1, -0.05) is 13.3 Å². The van der Waals surface area contributed by atoms with Crippen LogP contribution in [0.5, 0.6) is 0 Å². The highest BCUT2D eigenvalue weighted by atomic mass is 32.2. The molecule has 0 saturated carbocycles. The molecule has 2 rings (SSSR count). The van der Waals surface area contributed by atoms with Gasteiger partial charge >= 0.3 is 0 Å². The average molecular weight is 303 g/mol. The van der Waals surface area contributed by atoms with E-state index < -0.39 is 9.84 Å². The fourth-order valence-corrected chi connectivity index (χ4v) is 5.59. The molecule has 0 aromatic carbocycles. The molecule has 2 aliphatic rings. The molecule has 0 spiro atoms. The molecule has 2 fully saturated rings. The van der Waals surface area contributed by atoms with Crippen LogP contribution in [-0.2, 0) is 14.6 Å². The molecule has 5 heteroatoms. The minimum absolute atomic E-state index is 0.115. The average Bonchev–Trinajstić information content (AvgIpc) is 2.92. The lowest BCUT2D eigenvalue weighted by atomic mass is 9.99. The standard InChI is InChI=1S/C15H29NO3S/c1-2-10-16-14(9-8-13-6-5-11-19-13)15-7-3-4-12-20(15,17)18/h13-16H,2-12H2,1H3. The Morgan fingerprint density at radius 1 is 1.25 bits per heavy atom. The van der Waals surface area contributed by atoms with Crippen molar-refractivity contribution in [1.29, 1.82) is 0 Å². The second-order valence-corrected chi connectivity index (χ2v) is 8.51. The van der Waals surface area contributed by atoms with Gasteiger partial charge in [0.1, 0.15) is 0 Å². The zero-order valence-corrected chi connectivity index (χ0v) is 13.5. The van der Waals surface area contributed by atoms with Gasteiger partial charge in [0.2, 0.25) is 0 Å². The van der Waals surface area contributed by atoms with Crippen LogP contribution in [0.1, 0.15) is 58.3 Å². The molecule has 3 atom stereocenters. The van der Waals surface area contributed by atoms with E-state index in [1.165, 1.54) is 0 Å². The van der Waals surface area contributed by atoms with Gasteiger partial charge in [-0.15, -0.1) is 0 Å². The van der Waals surface area contributed by atoms with E-state index in [9.17, 15) is 8.42 Å². The molecule has 0 aromatic rings. The quantitative estimate of drug-likeness (QED) is 0.784. The molecule has 0 radical (unpaired) electrons. The first-order valence-electron chi connectivity index (χ1n) is 8.20. The first kappa shape index (κ1) is 16.2. The van der Waals surface area contributed by atoms with Gasteiger partial charge in [-0.3, -0.25) is 0 Å². The normalized spacial score (nSPS) is 31.2. The Hall–Kier alpha value is -0.130. The molecule has 2 saturated heterocycles. The molecule has 2 aliphatic heterocycles. The van der Waals surface area contributed by atoms with Crippen molar-refractivity contribution in [2.45, 2.75) is 75.7 Å². The van der Waals surface area contributed by atoms with Crippen LogP contribution in [0.4, 0.5) is 0 Å². The van der Waals surface area contributed by atoms with Gasteiger partial charge in [-0.2, -0.15) is 0 Å². The summed E-state index contributed by atoms with van der Waals surface area (Å²) in [6.07, 6.45) is 8.32. The third-order valence-electron chi connectivity index (χ3n) is 4.56. The van der Waals surface area contributed by atoms with E-state index in [-0.39, 0.29) is 11.3 Å². The Kier molecular flexibility index (Phi) is 6.30. The molecular weight excluding hydrogens is 274 g/mol. The minimum atomic E-state index is -2.90. The lowest BCUT2D eigenvalue weighted by molar-refractivity contribution is 0.0992. The van der Waals surface area contributed by atoms with E-state index in [1.54, 1.807) is 0 Å². The Morgan fingerprint density at radius 2 is 2.10 bits per heavy atom. The number of sulfone groups is 1. The predicted octanol–water partition coefficient (Wildman–Crippen LogP) is 2.28. The highest BCUT2D eigenvalue weighted by molar-refractivity contribution is 7.92. The highest BCUT2D eigenvalue weighted by Gasteiger charge is 2.35. The largest absolute Gasteiger partial charge is 0.378 e. The number of ether oxygens (including phenoxy) is 1. The summed E-state index contributed by atoms with van der Waals surface area (Å²) in [5.74, 6) is 0.377. The summed E-state index contributed by atoms with van der Waals surface area (Å²) in [4.78, 5) is 0. The molecule has 20 heavy (non-hydrogen) atoms. The Balaban J connectivity index is 1.93. The molecule has 0 amide bonds. The molecule has 0 bridgehead atoms. The summed E-state index contributed by atoms with van der Waals surface area (Å²) < 4.78 is 30.3. The van der Waals surface area contributed by atoms with Crippen molar-refractivity contribution in [3.05, 3.63) is 0 Å². The van der Waals surface area contributed by atoms with Gasteiger partial charge in [0.05, 0.1) is 17.1 Å². The van der Waals surface area contributed by atoms with E-state index in [2.05, 4.69) is 12.2 Å².